The van der Waals surface area contributed by atoms with E-state index < -0.39 is 21.8 Å². The van der Waals surface area contributed by atoms with E-state index in [4.69, 9.17) is 9.53 Å². The van der Waals surface area contributed by atoms with Crippen LogP contribution < -0.4 is 0 Å². The van der Waals surface area contributed by atoms with Crippen LogP contribution in [0.3, 0.4) is 0 Å². The van der Waals surface area contributed by atoms with Crippen molar-refractivity contribution in [1.82, 2.24) is 0 Å². The molecule has 0 radical (unpaired) electrons. The second kappa shape index (κ2) is 8.22. The summed E-state index contributed by atoms with van der Waals surface area (Å²) in [7, 11) is -0.812. The average molecular weight is 330 g/mol. The molecule has 0 bridgehead atoms. The van der Waals surface area contributed by atoms with E-state index in [0.29, 0.717) is 25.2 Å². The first kappa shape index (κ1) is 19.3. The molecule has 0 aliphatic heterocycles. The molecule has 1 fully saturated rings. The number of carbonyl (C=O) groups excluding carboxylic acids is 1. The van der Waals surface area contributed by atoms with E-state index in [0.717, 1.165) is 6.29 Å². The van der Waals surface area contributed by atoms with E-state index in [2.05, 4.69) is 27.7 Å². The normalized spacial score (nSPS) is 29.5. The van der Waals surface area contributed by atoms with Crippen molar-refractivity contribution >= 4 is 22.0 Å². The van der Waals surface area contributed by atoms with Crippen molar-refractivity contribution in [2.75, 3.05) is 0 Å². The fourth-order valence-corrected chi connectivity index (χ4v) is 4.34. The smallest absolute Gasteiger partial charge is 0.303 e. The van der Waals surface area contributed by atoms with Crippen LogP contribution in [0.1, 0.15) is 53.4 Å². The third-order valence-corrected chi connectivity index (χ3v) is 7.41. The number of hydrogen-bond donors (Lipinski definition) is 2. The summed E-state index contributed by atoms with van der Waals surface area (Å²) in [5.41, 5.74) is 0. The minimum atomic E-state index is -0.902. The van der Waals surface area contributed by atoms with Crippen LogP contribution in [0.2, 0.25) is 5.04 Å². The van der Waals surface area contributed by atoms with Gasteiger partial charge < -0.3 is 19.4 Å². The van der Waals surface area contributed by atoms with Gasteiger partial charge in [-0.15, -0.1) is 0 Å². The lowest BCUT2D eigenvalue weighted by Crippen LogP contribution is -2.30. The van der Waals surface area contributed by atoms with Crippen LogP contribution in [0.5, 0.6) is 0 Å². The maximum atomic E-state index is 11.0. The molecule has 6 heteroatoms. The number of aliphatic hydroxyl groups is 1. The predicted octanol–water partition coefficient (Wildman–Crippen LogP) is 1.76. The van der Waals surface area contributed by atoms with Crippen LogP contribution in [-0.4, -0.2) is 44.4 Å². The van der Waals surface area contributed by atoms with Gasteiger partial charge in [0.2, 0.25) is 0 Å². The summed E-state index contributed by atoms with van der Waals surface area (Å²) in [4.78, 5) is 21.7. The van der Waals surface area contributed by atoms with Gasteiger partial charge in [0.05, 0.1) is 12.5 Å². The highest BCUT2D eigenvalue weighted by molar-refractivity contribution is 6.32. The molecule has 0 heterocycles. The minimum absolute atomic E-state index is 0.0354. The summed E-state index contributed by atoms with van der Waals surface area (Å²) in [6, 6.07) is 0. The molecule has 128 valence electrons. The lowest BCUT2D eigenvalue weighted by atomic mass is 9.87. The Hall–Kier alpha value is -0.723. The summed E-state index contributed by atoms with van der Waals surface area (Å²) in [5, 5.41) is 19.4. The van der Waals surface area contributed by atoms with Gasteiger partial charge in [-0.25, -0.2) is 0 Å². The van der Waals surface area contributed by atoms with Gasteiger partial charge in [-0.2, -0.15) is 0 Å². The SMILES string of the molecule is CC(C)C(C)(C)[SiH2]O[C@@H]1C[C@H](O)[C@H](CC(=O)O)[C@H]1CCC=O. The van der Waals surface area contributed by atoms with Gasteiger partial charge in [0.15, 0.2) is 9.76 Å². The van der Waals surface area contributed by atoms with E-state index in [1.54, 1.807) is 0 Å². The Labute approximate surface area is 135 Å². The van der Waals surface area contributed by atoms with Crippen molar-refractivity contribution in [3.63, 3.8) is 0 Å². The molecule has 0 aromatic rings. The number of aliphatic hydroxyl groups excluding tert-OH is 1. The second-order valence-electron chi connectivity index (χ2n) is 7.47. The fraction of sp³-hybridized carbons (Fsp3) is 0.875. The number of aldehydes is 1. The van der Waals surface area contributed by atoms with Crippen molar-refractivity contribution in [3.05, 3.63) is 0 Å². The molecular weight excluding hydrogens is 300 g/mol. The first-order valence-corrected chi connectivity index (χ1v) is 9.42. The number of carboxylic acid groups (broad SMARTS) is 1. The standard InChI is InChI=1S/C16H30O5Si/c1-10(2)16(3,4)22-21-14-9-13(18)12(8-15(19)20)11(14)6-5-7-17/h7,10-14,18H,5-6,8-9,22H2,1-4H3,(H,19,20)/t11-,12-,13+,14-/m1/s1. The van der Waals surface area contributed by atoms with Gasteiger partial charge in [-0.1, -0.05) is 27.7 Å². The third-order valence-electron chi connectivity index (χ3n) is 5.26. The van der Waals surface area contributed by atoms with Crippen LogP contribution in [0.15, 0.2) is 0 Å². The summed E-state index contributed by atoms with van der Waals surface area (Å²) >= 11 is 0. The largest absolute Gasteiger partial charge is 0.481 e. The van der Waals surface area contributed by atoms with Crippen LogP contribution in [0, 0.1) is 17.8 Å². The predicted molar refractivity (Wildman–Crippen MR) is 87.5 cm³/mol. The molecule has 0 saturated heterocycles. The topological polar surface area (TPSA) is 83.8 Å². The molecule has 22 heavy (non-hydrogen) atoms. The number of aliphatic carboxylic acids is 1. The Morgan fingerprint density at radius 2 is 2.05 bits per heavy atom. The zero-order chi connectivity index (χ0) is 16.9. The molecule has 1 rings (SSSR count). The van der Waals surface area contributed by atoms with Gasteiger partial charge in [0.1, 0.15) is 6.29 Å². The van der Waals surface area contributed by atoms with E-state index in [-0.39, 0.29) is 29.4 Å². The molecule has 0 spiro atoms. The van der Waals surface area contributed by atoms with Crippen molar-refractivity contribution < 1.29 is 24.2 Å². The van der Waals surface area contributed by atoms with Crippen LogP contribution in [-0.2, 0) is 14.0 Å². The van der Waals surface area contributed by atoms with Crippen molar-refractivity contribution in [1.29, 1.82) is 0 Å². The van der Waals surface area contributed by atoms with Gasteiger partial charge >= 0.3 is 5.97 Å². The summed E-state index contributed by atoms with van der Waals surface area (Å²) in [5.74, 6) is -0.723. The number of carbonyl (C=O) groups is 2. The number of hydrogen-bond acceptors (Lipinski definition) is 4. The molecule has 1 saturated carbocycles. The highest BCUT2D eigenvalue weighted by Crippen LogP contribution is 2.41. The van der Waals surface area contributed by atoms with Crippen LogP contribution in [0.25, 0.3) is 0 Å². The summed E-state index contributed by atoms with van der Waals surface area (Å²) in [6.07, 6.45) is 1.53. The maximum Gasteiger partial charge on any atom is 0.303 e. The highest BCUT2D eigenvalue weighted by atomic mass is 28.2. The lowest BCUT2D eigenvalue weighted by Gasteiger charge is -2.32. The Kier molecular flexibility index (Phi) is 7.22. The van der Waals surface area contributed by atoms with Crippen molar-refractivity contribution in [2.45, 2.75) is 70.6 Å². The Morgan fingerprint density at radius 3 is 2.55 bits per heavy atom. The van der Waals surface area contributed by atoms with E-state index in [1.807, 2.05) is 0 Å². The lowest BCUT2D eigenvalue weighted by molar-refractivity contribution is -0.139. The van der Waals surface area contributed by atoms with Gasteiger partial charge in [0, 0.05) is 18.4 Å². The van der Waals surface area contributed by atoms with Crippen molar-refractivity contribution in [2.24, 2.45) is 17.8 Å². The molecule has 0 aromatic carbocycles. The van der Waals surface area contributed by atoms with Gasteiger partial charge in [-0.05, 0) is 29.7 Å². The third kappa shape index (κ3) is 5.17. The molecule has 5 nitrogen and oxygen atoms in total. The Balaban J connectivity index is 2.74. The van der Waals surface area contributed by atoms with Gasteiger partial charge in [0.25, 0.3) is 0 Å². The highest BCUT2D eigenvalue weighted by Gasteiger charge is 2.44. The Morgan fingerprint density at radius 1 is 1.41 bits per heavy atom. The summed E-state index contributed by atoms with van der Waals surface area (Å²) < 4.78 is 6.19. The van der Waals surface area contributed by atoms with Crippen LogP contribution in [0.4, 0.5) is 0 Å². The van der Waals surface area contributed by atoms with E-state index >= 15 is 0 Å². The molecular formula is C16H30O5Si. The first-order valence-electron chi connectivity index (χ1n) is 8.14. The van der Waals surface area contributed by atoms with E-state index in [1.165, 1.54) is 0 Å². The van der Waals surface area contributed by atoms with Crippen LogP contribution >= 0.6 is 0 Å². The fourth-order valence-electron chi connectivity index (χ4n) is 2.98. The summed E-state index contributed by atoms with van der Waals surface area (Å²) in [6.45, 7) is 8.75. The molecule has 0 unspecified atom stereocenters. The van der Waals surface area contributed by atoms with E-state index in [9.17, 15) is 14.7 Å². The number of rotatable bonds is 9. The average Bonchev–Trinajstić information content (AvgIpc) is 2.70. The molecule has 1 aliphatic carbocycles. The first-order chi connectivity index (χ1) is 10.2. The monoisotopic (exact) mass is 330 g/mol. The zero-order valence-electron chi connectivity index (χ0n) is 14.1. The second-order valence-corrected chi connectivity index (χ2v) is 9.91. The molecule has 0 amide bonds. The quantitative estimate of drug-likeness (QED) is 0.497. The van der Waals surface area contributed by atoms with Gasteiger partial charge in [-0.3, -0.25) is 4.79 Å². The minimum Gasteiger partial charge on any atom is -0.481 e. The Bertz CT molecular complexity index is 383. The molecule has 0 aromatic heterocycles. The zero-order valence-corrected chi connectivity index (χ0v) is 15.5. The molecule has 4 atom stereocenters. The molecule has 1 aliphatic rings. The number of carboxylic acids is 1. The maximum absolute atomic E-state index is 11.0. The molecule has 2 N–H and O–H groups in total. The van der Waals surface area contributed by atoms with Crippen molar-refractivity contribution in [3.8, 4) is 0 Å².